The van der Waals surface area contributed by atoms with Crippen LogP contribution in [-0.2, 0) is 0 Å². The molecule has 0 atom stereocenters. The molecular weight excluding hydrogens is 416 g/mol. The standard InChI is InChI=1S/C27H24N2O4/c28-17-19-6-10-23(11-7-19)32-25-14-21(27(31)29-22-4-2-1-3-5-22)15-26(16-25)33-24-12-8-20(18-30)9-13-24/h6-16,18,22H,1-5H2,(H,29,31). The lowest BCUT2D eigenvalue weighted by atomic mass is 9.95. The molecule has 0 spiro atoms. The number of nitrogens with zero attached hydrogens (tertiary/aromatic N) is 1. The summed E-state index contributed by atoms with van der Waals surface area (Å²) in [5.41, 5.74) is 1.52. The zero-order chi connectivity index (χ0) is 23.0. The summed E-state index contributed by atoms with van der Waals surface area (Å²) in [5.74, 6) is 1.78. The first-order chi connectivity index (χ1) is 16.1. The Hall–Kier alpha value is -4.11. The number of aldehydes is 1. The molecule has 1 N–H and O–H groups in total. The number of ether oxygens (including phenoxy) is 2. The summed E-state index contributed by atoms with van der Waals surface area (Å²) in [6, 6.07) is 20.8. The van der Waals surface area contributed by atoms with E-state index >= 15 is 0 Å². The number of nitrogens with one attached hydrogen (secondary N) is 1. The molecule has 0 bridgehead atoms. The van der Waals surface area contributed by atoms with Crippen molar-refractivity contribution < 1.29 is 19.1 Å². The minimum atomic E-state index is -0.173. The van der Waals surface area contributed by atoms with Gasteiger partial charge in [-0.2, -0.15) is 5.26 Å². The van der Waals surface area contributed by atoms with Gasteiger partial charge in [0, 0.05) is 23.2 Å². The number of carbonyl (C=O) groups excluding carboxylic acids is 2. The third kappa shape index (κ3) is 5.98. The molecule has 6 nitrogen and oxygen atoms in total. The molecule has 3 aromatic carbocycles. The number of hydrogen-bond donors (Lipinski definition) is 1. The van der Waals surface area contributed by atoms with E-state index < -0.39 is 0 Å². The quantitative estimate of drug-likeness (QED) is 0.454. The SMILES string of the molecule is N#Cc1ccc(Oc2cc(Oc3ccc(C=O)cc3)cc(C(=O)NC3CCCCC3)c2)cc1. The van der Waals surface area contributed by atoms with Crippen LogP contribution < -0.4 is 14.8 Å². The molecular formula is C27H24N2O4. The van der Waals surface area contributed by atoms with Crippen LogP contribution >= 0.6 is 0 Å². The first kappa shape index (κ1) is 22.1. The van der Waals surface area contributed by atoms with Gasteiger partial charge in [0.05, 0.1) is 11.6 Å². The van der Waals surface area contributed by atoms with Gasteiger partial charge in [-0.25, -0.2) is 0 Å². The molecule has 0 heterocycles. The predicted molar refractivity (Wildman–Crippen MR) is 124 cm³/mol. The Morgan fingerprint density at radius 2 is 1.42 bits per heavy atom. The molecule has 0 aromatic heterocycles. The molecule has 33 heavy (non-hydrogen) atoms. The second kappa shape index (κ2) is 10.5. The van der Waals surface area contributed by atoms with Crippen molar-refractivity contribution >= 4 is 12.2 Å². The molecule has 1 saturated carbocycles. The van der Waals surface area contributed by atoms with E-state index in [0.717, 1.165) is 32.0 Å². The molecule has 3 aromatic rings. The molecule has 166 valence electrons. The molecule has 1 aliphatic rings. The van der Waals surface area contributed by atoms with E-state index in [-0.39, 0.29) is 11.9 Å². The lowest BCUT2D eigenvalue weighted by Crippen LogP contribution is -2.36. The Kier molecular flexibility index (Phi) is 7.01. The van der Waals surface area contributed by atoms with Gasteiger partial charge in [0.1, 0.15) is 29.3 Å². The van der Waals surface area contributed by atoms with Gasteiger partial charge in [-0.3, -0.25) is 9.59 Å². The highest BCUT2D eigenvalue weighted by Crippen LogP contribution is 2.31. The highest BCUT2D eigenvalue weighted by molar-refractivity contribution is 5.95. The summed E-state index contributed by atoms with van der Waals surface area (Å²) < 4.78 is 11.9. The number of nitriles is 1. The van der Waals surface area contributed by atoms with Crippen LogP contribution in [-0.4, -0.2) is 18.2 Å². The number of hydrogen-bond acceptors (Lipinski definition) is 5. The maximum absolute atomic E-state index is 13.0. The summed E-state index contributed by atoms with van der Waals surface area (Å²) in [6.45, 7) is 0. The second-order valence-electron chi connectivity index (χ2n) is 8.03. The van der Waals surface area contributed by atoms with Crippen molar-refractivity contribution in [1.82, 2.24) is 5.32 Å². The molecule has 6 heteroatoms. The molecule has 0 saturated heterocycles. The first-order valence-corrected chi connectivity index (χ1v) is 11.0. The fourth-order valence-corrected chi connectivity index (χ4v) is 3.82. The Morgan fingerprint density at radius 1 is 0.848 bits per heavy atom. The zero-order valence-corrected chi connectivity index (χ0v) is 18.1. The zero-order valence-electron chi connectivity index (χ0n) is 18.1. The minimum absolute atomic E-state index is 0.173. The van der Waals surface area contributed by atoms with Gasteiger partial charge in [-0.05, 0) is 73.5 Å². The third-order valence-electron chi connectivity index (χ3n) is 5.55. The van der Waals surface area contributed by atoms with E-state index in [9.17, 15) is 9.59 Å². The third-order valence-corrected chi connectivity index (χ3v) is 5.55. The molecule has 1 aliphatic carbocycles. The highest BCUT2D eigenvalue weighted by Gasteiger charge is 2.18. The highest BCUT2D eigenvalue weighted by atomic mass is 16.5. The van der Waals surface area contributed by atoms with E-state index in [1.807, 2.05) is 0 Å². The monoisotopic (exact) mass is 440 g/mol. The number of amides is 1. The Labute approximate surface area is 192 Å². The Balaban J connectivity index is 1.59. The fourth-order valence-electron chi connectivity index (χ4n) is 3.82. The summed E-state index contributed by atoms with van der Waals surface area (Å²) in [7, 11) is 0. The molecule has 1 fully saturated rings. The first-order valence-electron chi connectivity index (χ1n) is 11.0. The largest absolute Gasteiger partial charge is 0.457 e. The summed E-state index contributed by atoms with van der Waals surface area (Å²) in [6.07, 6.45) is 6.19. The Bertz CT molecular complexity index is 1160. The predicted octanol–water partition coefficient (Wildman–Crippen LogP) is 6.02. The van der Waals surface area contributed by atoms with Gasteiger partial charge < -0.3 is 14.8 Å². The van der Waals surface area contributed by atoms with Gasteiger partial charge in [-0.1, -0.05) is 19.3 Å². The van der Waals surface area contributed by atoms with E-state index in [4.69, 9.17) is 14.7 Å². The van der Waals surface area contributed by atoms with Crippen molar-refractivity contribution in [3.05, 3.63) is 83.4 Å². The van der Waals surface area contributed by atoms with Crippen molar-refractivity contribution in [2.45, 2.75) is 38.1 Å². The van der Waals surface area contributed by atoms with Gasteiger partial charge >= 0.3 is 0 Å². The molecule has 1 amide bonds. The van der Waals surface area contributed by atoms with Crippen LogP contribution in [0.25, 0.3) is 0 Å². The van der Waals surface area contributed by atoms with E-state index in [1.165, 1.54) is 6.42 Å². The topological polar surface area (TPSA) is 88.4 Å². The van der Waals surface area contributed by atoms with E-state index in [1.54, 1.807) is 66.7 Å². The average Bonchev–Trinajstić information content (AvgIpc) is 2.85. The van der Waals surface area contributed by atoms with Crippen molar-refractivity contribution in [3.63, 3.8) is 0 Å². The smallest absolute Gasteiger partial charge is 0.251 e. The summed E-state index contributed by atoms with van der Waals surface area (Å²) >= 11 is 0. The normalized spacial score (nSPS) is 13.5. The molecule has 0 aliphatic heterocycles. The van der Waals surface area contributed by atoms with Crippen molar-refractivity contribution in [3.8, 4) is 29.1 Å². The molecule has 4 rings (SSSR count). The molecule has 0 unspecified atom stereocenters. The number of carbonyl (C=O) groups is 2. The van der Waals surface area contributed by atoms with Crippen LogP contribution in [0.4, 0.5) is 0 Å². The maximum Gasteiger partial charge on any atom is 0.251 e. The van der Waals surface area contributed by atoms with Crippen molar-refractivity contribution in [1.29, 1.82) is 5.26 Å². The van der Waals surface area contributed by atoms with Crippen molar-refractivity contribution in [2.24, 2.45) is 0 Å². The van der Waals surface area contributed by atoms with Gasteiger partial charge in [0.2, 0.25) is 0 Å². The minimum Gasteiger partial charge on any atom is -0.457 e. The Morgan fingerprint density at radius 3 is 1.97 bits per heavy atom. The van der Waals surface area contributed by atoms with Gasteiger partial charge in [0.25, 0.3) is 5.91 Å². The van der Waals surface area contributed by atoms with Crippen LogP contribution in [0, 0.1) is 11.3 Å². The number of benzene rings is 3. The van der Waals surface area contributed by atoms with E-state index in [0.29, 0.717) is 39.7 Å². The maximum atomic E-state index is 13.0. The van der Waals surface area contributed by atoms with Crippen LogP contribution in [0.1, 0.15) is 58.4 Å². The average molecular weight is 440 g/mol. The van der Waals surface area contributed by atoms with Gasteiger partial charge in [-0.15, -0.1) is 0 Å². The van der Waals surface area contributed by atoms with Crippen LogP contribution in [0.2, 0.25) is 0 Å². The summed E-state index contributed by atoms with van der Waals surface area (Å²) in [5, 5.41) is 12.1. The van der Waals surface area contributed by atoms with Crippen LogP contribution in [0.15, 0.2) is 66.7 Å². The summed E-state index contributed by atoms with van der Waals surface area (Å²) in [4.78, 5) is 23.9. The molecule has 0 radical (unpaired) electrons. The van der Waals surface area contributed by atoms with Crippen LogP contribution in [0.3, 0.4) is 0 Å². The van der Waals surface area contributed by atoms with E-state index in [2.05, 4.69) is 11.4 Å². The lowest BCUT2D eigenvalue weighted by molar-refractivity contribution is 0.0926. The van der Waals surface area contributed by atoms with Gasteiger partial charge in [0.15, 0.2) is 0 Å². The van der Waals surface area contributed by atoms with Crippen molar-refractivity contribution in [2.75, 3.05) is 0 Å². The fraction of sp³-hybridized carbons (Fsp3) is 0.222. The van der Waals surface area contributed by atoms with Crippen LogP contribution in [0.5, 0.6) is 23.0 Å². The lowest BCUT2D eigenvalue weighted by Gasteiger charge is -2.23. The number of rotatable bonds is 7. The second-order valence-corrected chi connectivity index (χ2v) is 8.03.